The van der Waals surface area contributed by atoms with Crippen LogP contribution in [0.2, 0.25) is 0 Å². The van der Waals surface area contributed by atoms with Crippen molar-refractivity contribution in [3.63, 3.8) is 0 Å². The molecule has 0 aliphatic carbocycles. The zero-order valence-electron chi connectivity index (χ0n) is 10.7. The van der Waals surface area contributed by atoms with Crippen LogP contribution in [0.5, 0.6) is 0 Å². The summed E-state index contributed by atoms with van der Waals surface area (Å²) in [7, 11) is 0. The third-order valence-corrected chi connectivity index (χ3v) is 3.07. The van der Waals surface area contributed by atoms with Crippen LogP contribution < -0.4 is 5.32 Å². The number of benzene rings is 1. The van der Waals surface area contributed by atoms with Crippen molar-refractivity contribution in [1.29, 1.82) is 0 Å². The lowest BCUT2D eigenvalue weighted by Crippen LogP contribution is -2.21. The molecule has 5 heteroatoms. The van der Waals surface area contributed by atoms with E-state index in [0.717, 1.165) is 23.3 Å². The summed E-state index contributed by atoms with van der Waals surface area (Å²) < 4.78 is 10.7. The van der Waals surface area contributed by atoms with Gasteiger partial charge in [0.05, 0.1) is 6.04 Å². The molecule has 1 atom stereocenters. The molecule has 2 aromatic heterocycles. The zero-order chi connectivity index (χ0) is 13.1. The second kappa shape index (κ2) is 5.24. The van der Waals surface area contributed by atoms with Gasteiger partial charge in [0, 0.05) is 18.4 Å². The van der Waals surface area contributed by atoms with Gasteiger partial charge >= 0.3 is 0 Å². The molecule has 0 radical (unpaired) electrons. The minimum absolute atomic E-state index is 0.148. The van der Waals surface area contributed by atoms with Gasteiger partial charge in [-0.15, -0.1) is 0 Å². The Morgan fingerprint density at radius 1 is 1.32 bits per heavy atom. The molecule has 3 rings (SSSR count). The van der Waals surface area contributed by atoms with Crippen LogP contribution in [0.15, 0.2) is 45.6 Å². The number of nitrogens with zero attached hydrogens (tertiary/aromatic N) is 2. The van der Waals surface area contributed by atoms with E-state index in [1.165, 1.54) is 6.33 Å². The largest absolute Gasteiger partial charge is 0.459 e. The van der Waals surface area contributed by atoms with Crippen molar-refractivity contribution in [2.75, 3.05) is 6.54 Å². The van der Waals surface area contributed by atoms with Crippen molar-refractivity contribution in [2.24, 2.45) is 0 Å². The molecule has 0 amide bonds. The Kier molecular flexibility index (Phi) is 3.29. The van der Waals surface area contributed by atoms with Crippen LogP contribution in [0.1, 0.15) is 24.6 Å². The van der Waals surface area contributed by atoms with Gasteiger partial charge in [-0.1, -0.05) is 23.4 Å². The minimum atomic E-state index is 0.148. The molecule has 2 heterocycles. The standard InChI is InChI=1S/C14H15N3O2/c1-10(15-7-6-14-16-9-17-19-14)13-8-11-4-2-3-5-12(11)18-13/h2-5,8-10,15H,6-7H2,1H3. The molecule has 1 aromatic carbocycles. The second-order valence-corrected chi connectivity index (χ2v) is 4.45. The van der Waals surface area contributed by atoms with Crippen molar-refractivity contribution < 1.29 is 8.94 Å². The lowest BCUT2D eigenvalue weighted by molar-refractivity contribution is 0.369. The molecule has 0 bridgehead atoms. The summed E-state index contributed by atoms with van der Waals surface area (Å²) in [4.78, 5) is 3.98. The Bertz CT molecular complexity index is 613. The number of rotatable bonds is 5. The molecule has 0 aliphatic rings. The van der Waals surface area contributed by atoms with Crippen molar-refractivity contribution in [1.82, 2.24) is 15.5 Å². The second-order valence-electron chi connectivity index (χ2n) is 4.45. The monoisotopic (exact) mass is 257 g/mol. The molecule has 0 saturated heterocycles. The molecule has 1 unspecified atom stereocenters. The molecule has 0 saturated carbocycles. The molecule has 5 nitrogen and oxygen atoms in total. The van der Waals surface area contributed by atoms with Gasteiger partial charge in [-0.2, -0.15) is 4.98 Å². The summed E-state index contributed by atoms with van der Waals surface area (Å²) in [6.45, 7) is 2.84. The maximum Gasteiger partial charge on any atom is 0.227 e. The highest BCUT2D eigenvalue weighted by molar-refractivity contribution is 5.77. The van der Waals surface area contributed by atoms with E-state index in [2.05, 4.69) is 28.4 Å². The van der Waals surface area contributed by atoms with Gasteiger partial charge in [-0.25, -0.2) is 0 Å². The van der Waals surface area contributed by atoms with Crippen molar-refractivity contribution in [3.8, 4) is 0 Å². The fourth-order valence-electron chi connectivity index (χ4n) is 2.02. The summed E-state index contributed by atoms with van der Waals surface area (Å²) >= 11 is 0. The van der Waals surface area contributed by atoms with Crippen LogP contribution >= 0.6 is 0 Å². The van der Waals surface area contributed by atoms with E-state index in [9.17, 15) is 0 Å². The Balaban J connectivity index is 1.61. The Morgan fingerprint density at radius 3 is 3.00 bits per heavy atom. The Labute approximate surface area is 110 Å². The van der Waals surface area contributed by atoms with Gasteiger partial charge in [0.15, 0.2) is 6.33 Å². The highest BCUT2D eigenvalue weighted by Gasteiger charge is 2.11. The topological polar surface area (TPSA) is 64.1 Å². The first-order chi connectivity index (χ1) is 9.33. The highest BCUT2D eigenvalue weighted by atomic mass is 16.5. The fraction of sp³-hybridized carbons (Fsp3) is 0.286. The molecular weight excluding hydrogens is 242 g/mol. The summed E-state index contributed by atoms with van der Waals surface area (Å²) in [5.74, 6) is 1.58. The van der Waals surface area contributed by atoms with Crippen LogP contribution in [0, 0.1) is 0 Å². The van der Waals surface area contributed by atoms with E-state index in [4.69, 9.17) is 8.94 Å². The van der Waals surface area contributed by atoms with E-state index in [0.29, 0.717) is 12.3 Å². The first-order valence-electron chi connectivity index (χ1n) is 6.30. The molecule has 19 heavy (non-hydrogen) atoms. The quantitative estimate of drug-likeness (QED) is 0.761. The van der Waals surface area contributed by atoms with Crippen molar-refractivity contribution in [2.45, 2.75) is 19.4 Å². The summed E-state index contributed by atoms with van der Waals surface area (Å²) in [5.41, 5.74) is 0.919. The van der Waals surface area contributed by atoms with Gasteiger partial charge in [0.1, 0.15) is 11.3 Å². The van der Waals surface area contributed by atoms with Crippen LogP contribution in [0.25, 0.3) is 11.0 Å². The third-order valence-electron chi connectivity index (χ3n) is 3.07. The number of furan rings is 1. The smallest absolute Gasteiger partial charge is 0.227 e. The molecule has 98 valence electrons. The van der Waals surface area contributed by atoms with Crippen LogP contribution in [0.4, 0.5) is 0 Å². The average molecular weight is 257 g/mol. The maximum atomic E-state index is 5.80. The zero-order valence-corrected chi connectivity index (χ0v) is 10.7. The van der Waals surface area contributed by atoms with Gasteiger partial charge < -0.3 is 14.3 Å². The Morgan fingerprint density at radius 2 is 2.21 bits per heavy atom. The van der Waals surface area contributed by atoms with Gasteiger partial charge in [0.25, 0.3) is 0 Å². The number of hydrogen-bond acceptors (Lipinski definition) is 5. The van der Waals surface area contributed by atoms with Gasteiger partial charge in [-0.3, -0.25) is 0 Å². The maximum absolute atomic E-state index is 5.80. The predicted molar refractivity (Wildman–Crippen MR) is 70.6 cm³/mol. The molecule has 3 aromatic rings. The third kappa shape index (κ3) is 2.66. The fourth-order valence-corrected chi connectivity index (χ4v) is 2.02. The molecule has 1 N–H and O–H groups in total. The molecule has 0 aliphatic heterocycles. The summed E-state index contributed by atoms with van der Waals surface area (Å²) in [6.07, 6.45) is 2.13. The lowest BCUT2D eigenvalue weighted by Gasteiger charge is -2.09. The van der Waals surface area contributed by atoms with Gasteiger partial charge in [-0.05, 0) is 19.1 Å². The molecule has 0 spiro atoms. The van der Waals surface area contributed by atoms with E-state index in [1.54, 1.807) is 0 Å². The molecule has 0 fully saturated rings. The number of para-hydroxylation sites is 1. The van der Waals surface area contributed by atoms with E-state index >= 15 is 0 Å². The first-order valence-corrected chi connectivity index (χ1v) is 6.30. The number of aromatic nitrogens is 2. The van der Waals surface area contributed by atoms with Gasteiger partial charge in [0.2, 0.25) is 5.89 Å². The first kappa shape index (κ1) is 11.9. The summed E-state index contributed by atoms with van der Waals surface area (Å²) in [5, 5.41) is 8.08. The van der Waals surface area contributed by atoms with Crippen molar-refractivity contribution >= 4 is 11.0 Å². The van der Waals surface area contributed by atoms with Crippen LogP contribution in [0.3, 0.4) is 0 Å². The normalized spacial score (nSPS) is 12.9. The van der Waals surface area contributed by atoms with Crippen LogP contribution in [-0.2, 0) is 6.42 Å². The molecular formula is C14H15N3O2. The SMILES string of the molecule is CC(NCCc1ncno1)c1cc2ccccc2o1. The lowest BCUT2D eigenvalue weighted by atomic mass is 10.2. The Hall–Kier alpha value is -2.14. The van der Waals surface area contributed by atoms with E-state index < -0.39 is 0 Å². The van der Waals surface area contributed by atoms with Crippen molar-refractivity contribution in [3.05, 3.63) is 48.3 Å². The number of hydrogen-bond donors (Lipinski definition) is 1. The highest BCUT2D eigenvalue weighted by Crippen LogP contribution is 2.23. The minimum Gasteiger partial charge on any atom is -0.459 e. The summed E-state index contributed by atoms with van der Waals surface area (Å²) in [6, 6.07) is 10.2. The number of fused-ring (bicyclic) bond motifs is 1. The van der Waals surface area contributed by atoms with E-state index in [1.807, 2.05) is 24.3 Å². The van der Waals surface area contributed by atoms with Crippen LogP contribution in [-0.4, -0.2) is 16.7 Å². The number of nitrogens with one attached hydrogen (secondary N) is 1. The average Bonchev–Trinajstić information content (AvgIpc) is 3.07. The predicted octanol–water partition coefficient (Wildman–Crippen LogP) is 2.71. The van der Waals surface area contributed by atoms with E-state index in [-0.39, 0.29) is 6.04 Å².